The Balaban J connectivity index is 1.34. The van der Waals surface area contributed by atoms with E-state index in [4.69, 9.17) is 23.2 Å². The zero-order chi connectivity index (χ0) is 20.3. The average Bonchev–Trinajstić information content (AvgIpc) is 3.09. The minimum absolute atomic E-state index is 0.0628. The second kappa shape index (κ2) is 9.07. The molecule has 1 unspecified atom stereocenters. The van der Waals surface area contributed by atoms with Crippen LogP contribution in [0, 0.1) is 5.41 Å². The van der Waals surface area contributed by atoms with Crippen LogP contribution < -0.4 is 5.32 Å². The third-order valence-electron chi connectivity index (χ3n) is 6.75. The predicted octanol–water partition coefficient (Wildman–Crippen LogP) is 5.60. The number of likely N-dealkylation sites (tertiary alicyclic amines) is 1. The Kier molecular flexibility index (Phi) is 6.48. The standard InChI is InChI=1S/C24H28Cl2N2O/c25-20-15-19(16-21(26)17-20)23(29)27-22-7-4-9-24(22)10-13-28(14-11-24)12-8-18-5-2-1-3-6-18/h1-3,5-6,15-17,22H,4,7-14H2,(H,27,29). The molecule has 2 aromatic carbocycles. The highest BCUT2D eigenvalue weighted by atomic mass is 35.5. The van der Waals surface area contributed by atoms with Gasteiger partial charge in [-0.2, -0.15) is 0 Å². The molecule has 1 atom stereocenters. The van der Waals surface area contributed by atoms with E-state index in [1.807, 2.05) is 0 Å². The van der Waals surface area contributed by atoms with E-state index < -0.39 is 0 Å². The highest BCUT2D eigenvalue weighted by Crippen LogP contribution is 2.46. The molecule has 0 radical (unpaired) electrons. The van der Waals surface area contributed by atoms with E-state index in [2.05, 4.69) is 40.5 Å². The lowest BCUT2D eigenvalue weighted by molar-refractivity contribution is 0.0710. The summed E-state index contributed by atoms with van der Waals surface area (Å²) < 4.78 is 0. The van der Waals surface area contributed by atoms with Gasteiger partial charge in [-0.3, -0.25) is 4.79 Å². The Morgan fingerprint density at radius 3 is 2.41 bits per heavy atom. The molecular weight excluding hydrogens is 403 g/mol. The van der Waals surface area contributed by atoms with Crippen molar-refractivity contribution in [3.8, 4) is 0 Å². The van der Waals surface area contributed by atoms with Gasteiger partial charge >= 0.3 is 0 Å². The molecule has 2 aliphatic rings. The first-order chi connectivity index (χ1) is 14.0. The minimum atomic E-state index is -0.0628. The van der Waals surface area contributed by atoms with Crippen molar-refractivity contribution in [2.75, 3.05) is 19.6 Å². The van der Waals surface area contributed by atoms with Crippen LogP contribution in [0.5, 0.6) is 0 Å². The highest BCUT2D eigenvalue weighted by Gasteiger charge is 2.45. The topological polar surface area (TPSA) is 32.3 Å². The molecule has 4 rings (SSSR count). The van der Waals surface area contributed by atoms with Crippen molar-refractivity contribution in [3.05, 3.63) is 69.7 Å². The molecule has 1 spiro atoms. The molecule has 1 heterocycles. The summed E-state index contributed by atoms with van der Waals surface area (Å²) in [4.78, 5) is 15.4. The molecule has 1 aliphatic heterocycles. The lowest BCUT2D eigenvalue weighted by Crippen LogP contribution is -2.50. The summed E-state index contributed by atoms with van der Waals surface area (Å²) in [6.45, 7) is 3.34. The number of halogens is 2. The third-order valence-corrected chi connectivity index (χ3v) is 7.18. The summed E-state index contributed by atoms with van der Waals surface area (Å²) in [5, 5.41) is 4.30. The van der Waals surface area contributed by atoms with Gasteiger partial charge in [-0.25, -0.2) is 0 Å². The molecule has 2 aromatic rings. The van der Waals surface area contributed by atoms with Crippen molar-refractivity contribution < 1.29 is 4.79 Å². The number of hydrogen-bond acceptors (Lipinski definition) is 2. The third kappa shape index (κ3) is 4.96. The molecule has 3 nitrogen and oxygen atoms in total. The van der Waals surface area contributed by atoms with Crippen molar-refractivity contribution in [2.45, 2.75) is 44.6 Å². The number of rotatable bonds is 5. The molecule has 154 valence electrons. The van der Waals surface area contributed by atoms with E-state index in [-0.39, 0.29) is 17.4 Å². The van der Waals surface area contributed by atoms with Crippen LogP contribution >= 0.6 is 23.2 Å². The van der Waals surface area contributed by atoms with Crippen LogP contribution in [0.15, 0.2) is 48.5 Å². The van der Waals surface area contributed by atoms with Gasteiger partial charge in [0.25, 0.3) is 5.91 Å². The molecule has 1 saturated carbocycles. The monoisotopic (exact) mass is 430 g/mol. The van der Waals surface area contributed by atoms with Gasteiger partial charge in [0.2, 0.25) is 0 Å². The van der Waals surface area contributed by atoms with Gasteiger partial charge in [-0.1, -0.05) is 60.0 Å². The van der Waals surface area contributed by atoms with Crippen LogP contribution in [0.3, 0.4) is 0 Å². The van der Waals surface area contributed by atoms with Gasteiger partial charge in [-0.05, 0) is 74.4 Å². The van der Waals surface area contributed by atoms with Crippen LogP contribution in [-0.2, 0) is 6.42 Å². The summed E-state index contributed by atoms with van der Waals surface area (Å²) in [6.07, 6.45) is 6.87. The van der Waals surface area contributed by atoms with E-state index in [0.717, 1.165) is 45.3 Å². The highest BCUT2D eigenvalue weighted by molar-refractivity contribution is 6.35. The van der Waals surface area contributed by atoms with Gasteiger partial charge in [0.05, 0.1) is 0 Å². The number of hydrogen-bond donors (Lipinski definition) is 1. The van der Waals surface area contributed by atoms with Gasteiger partial charge in [0.1, 0.15) is 0 Å². The number of amides is 1. The molecule has 1 amide bonds. The first-order valence-corrected chi connectivity index (χ1v) is 11.3. The summed E-state index contributed by atoms with van der Waals surface area (Å²) in [7, 11) is 0. The Morgan fingerprint density at radius 1 is 1.03 bits per heavy atom. The van der Waals surface area contributed by atoms with Crippen molar-refractivity contribution in [2.24, 2.45) is 5.41 Å². The Morgan fingerprint density at radius 2 is 1.72 bits per heavy atom. The van der Waals surface area contributed by atoms with E-state index >= 15 is 0 Å². The maximum Gasteiger partial charge on any atom is 0.251 e. The molecule has 1 saturated heterocycles. The number of carbonyl (C=O) groups is 1. The molecule has 29 heavy (non-hydrogen) atoms. The lowest BCUT2D eigenvalue weighted by atomic mass is 9.74. The summed E-state index contributed by atoms with van der Waals surface area (Å²) in [5.74, 6) is -0.0628. The summed E-state index contributed by atoms with van der Waals surface area (Å²) in [6, 6.07) is 16.0. The summed E-state index contributed by atoms with van der Waals surface area (Å²) >= 11 is 12.1. The SMILES string of the molecule is O=C(NC1CCCC12CCN(CCc1ccccc1)CC2)c1cc(Cl)cc(Cl)c1. The Hall–Kier alpha value is -1.55. The predicted molar refractivity (Wildman–Crippen MR) is 120 cm³/mol. The van der Waals surface area contributed by atoms with Crippen molar-refractivity contribution in [1.82, 2.24) is 10.2 Å². The molecule has 5 heteroatoms. The fraction of sp³-hybridized carbons (Fsp3) is 0.458. The maximum atomic E-state index is 12.8. The van der Waals surface area contributed by atoms with Crippen molar-refractivity contribution in [3.63, 3.8) is 0 Å². The first-order valence-electron chi connectivity index (χ1n) is 10.6. The fourth-order valence-electron chi connectivity index (χ4n) is 5.04. The van der Waals surface area contributed by atoms with E-state index in [1.54, 1.807) is 18.2 Å². The molecule has 0 aromatic heterocycles. The van der Waals surface area contributed by atoms with Gasteiger partial charge in [0, 0.05) is 28.2 Å². The smallest absolute Gasteiger partial charge is 0.251 e. The Labute approximate surface area is 183 Å². The summed E-state index contributed by atoms with van der Waals surface area (Å²) in [5.41, 5.74) is 2.19. The number of benzene rings is 2. The van der Waals surface area contributed by atoms with E-state index in [9.17, 15) is 4.79 Å². The van der Waals surface area contributed by atoms with Gasteiger partial charge < -0.3 is 10.2 Å². The van der Waals surface area contributed by atoms with Crippen LogP contribution in [0.4, 0.5) is 0 Å². The second-order valence-corrected chi connectivity index (χ2v) is 9.39. The molecule has 0 bridgehead atoms. The molecule has 1 aliphatic carbocycles. The normalized spacial score (nSPS) is 21.4. The number of piperidine rings is 1. The molecule has 1 N–H and O–H groups in total. The first kappa shape index (κ1) is 20.7. The van der Waals surface area contributed by atoms with E-state index in [1.165, 1.54) is 18.4 Å². The van der Waals surface area contributed by atoms with E-state index in [0.29, 0.717) is 15.6 Å². The van der Waals surface area contributed by atoms with Crippen molar-refractivity contribution >= 4 is 29.1 Å². The number of carbonyl (C=O) groups excluding carboxylic acids is 1. The second-order valence-electron chi connectivity index (χ2n) is 8.52. The van der Waals surface area contributed by atoms with Crippen molar-refractivity contribution in [1.29, 1.82) is 0 Å². The quantitative estimate of drug-likeness (QED) is 0.668. The van der Waals surface area contributed by atoms with Crippen LogP contribution in [0.2, 0.25) is 10.0 Å². The van der Waals surface area contributed by atoms with Gasteiger partial charge in [-0.15, -0.1) is 0 Å². The lowest BCUT2D eigenvalue weighted by Gasteiger charge is -2.43. The number of nitrogens with zero attached hydrogens (tertiary/aromatic N) is 1. The average molecular weight is 431 g/mol. The Bertz CT molecular complexity index is 827. The van der Waals surface area contributed by atoms with Crippen LogP contribution in [0.1, 0.15) is 48.0 Å². The fourth-order valence-corrected chi connectivity index (χ4v) is 5.57. The van der Waals surface area contributed by atoms with Crippen LogP contribution in [-0.4, -0.2) is 36.5 Å². The van der Waals surface area contributed by atoms with Gasteiger partial charge in [0.15, 0.2) is 0 Å². The number of nitrogens with one attached hydrogen (secondary N) is 1. The maximum absolute atomic E-state index is 12.8. The largest absolute Gasteiger partial charge is 0.349 e. The minimum Gasteiger partial charge on any atom is -0.349 e. The zero-order valence-corrected chi connectivity index (χ0v) is 18.2. The zero-order valence-electron chi connectivity index (χ0n) is 16.7. The molecule has 2 fully saturated rings. The molecular formula is C24H28Cl2N2O. The van der Waals surface area contributed by atoms with Crippen LogP contribution in [0.25, 0.3) is 0 Å².